The molecule has 0 N–H and O–H groups in total. The molecule has 0 bridgehead atoms. The first kappa shape index (κ1) is 4.12. The van der Waals surface area contributed by atoms with E-state index >= 15 is 0 Å². The highest BCUT2D eigenvalue weighted by Gasteiger charge is 2.11. The van der Waals surface area contributed by atoms with Crippen LogP contribution in [0.15, 0.2) is 15.9 Å². The lowest BCUT2D eigenvalue weighted by atomic mass is 10.5. The van der Waals surface area contributed by atoms with Crippen LogP contribution < -0.4 is 11.2 Å². The lowest BCUT2D eigenvalue weighted by Gasteiger charge is -2.02. The van der Waals surface area contributed by atoms with Crippen molar-refractivity contribution in [3.8, 4) is 0 Å². The first-order valence-electron chi connectivity index (χ1n) is 6.97. The fourth-order valence-corrected chi connectivity index (χ4v) is 1.13. The van der Waals surface area contributed by atoms with Gasteiger partial charge in [0.05, 0.1) is 6.30 Å². The zero-order valence-electron chi connectivity index (χ0n) is 13.0. The van der Waals surface area contributed by atoms with Gasteiger partial charge in [0.15, 0.2) is 11.2 Å². The SMILES string of the molecule is [2H]Cn1c(=O)c2c(nc([2H])n2C([2H])([2H])[2H])n(C[2H])c1=O. The van der Waals surface area contributed by atoms with Gasteiger partial charge in [0.2, 0.25) is 0 Å². The van der Waals surface area contributed by atoms with Crippen molar-refractivity contribution in [2.24, 2.45) is 21.0 Å². The van der Waals surface area contributed by atoms with E-state index in [0.717, 1.165) is 4.57 Å². The predicted octanol–water partition coefficient (Wildman–Crippen LogP) is -1.03. The molecule has 0 aromatic carbocycles. The fourth-order valence-electron chi connectivity index (χ4n) is 1.13. The van der Waals surface area contributed by atoms with Crippen LogP contribution in [0.4, 0.5) is 0 Å². The van der Waals surface area contributed by atoms with Crippen molar-refractivity contribution in [2.75, 3.05) is 0 Å². The Labute approximate surface area is 87.5 Å². The second-order valence-electron chi connectivity index (χ2n) is 2.66. The van der Waals surface area contributed by atoms with Gasteiger partial charge in [0.25, 0.3) is 5.56 Å². The third-order valence-electron chi connectivity index (χ3n) is 1.86. The second kappa shape index (κ2) is 2.57. The maximum atomic E-state index is 12.1. The summed E-state index contributed by atoms with van der Waals surface area (Å²) in [5.41, 5.74) is -2.75. The van der Waals surface area contributed by atoms with E-state index in [0.29, 0.717) is 9.13 Å². The Morgan fingerprint density at radius 2 is 2.21 bits per heavy atom. The number of nitrogens with zero attached hydrogens (tertiary/aromatic N) is 4. The number of fused-ring (bicyclic) bond motifs is 1. The monoisotopic (exact) mass is 200 g/mol. The maximum Gasteiger partial charge on any atom is 0.332 e. The third-order valence-corrected chi connectivity index (χ3v) is 1.86. The summed E-state index contributed by atoms with van der Waals surface area (Å²) < 4.78 is 45.6. The smallest absolute Gasteiger partial charge is 0.328 e. The Morgan fingerprint density at radius 1 is 1.43 bits per heavy atom. The van der Waals surface area contributed by atoms with Crippen LogP contribution in [0.2, 0.25) is 0 Å². The molecule has 2 aromatic heterocycles. The van der Waals surface area contributed by atoms with Crippen LogP contribution in [0.5, 0.6) is 0 Å². The summed E-state index contributed by atoms with van der Waals surface area (Å²) in [7, 11) is -1.32. The molecule has 6 nitrogen and oxygen atoms in total. The van der Waals surface area contributed by atoms with E-state index in [9.17, 15) is 9.59 Å². The normalized spacial score (nSPS) is 18.0. The van der Waals surface area contributed by atoms with E-state index in [1.54, 1.807) is 0 Å². The summed E-state index contributed by atoms with van der Waals surface area (Å²) in [6.45, 7) is -2.82. The fraction of sp³-hybridized carbons (Fsp3) is 0.375. The minimum Gasteiger partial charge on any atom is -0.328 e. The first-order valence-corrected chi connectivity index (χ1v) is 3.55. The van der Waals surface area contributed by atoms with E-state index in [1.807, 2.05) is 0 Å². The standard InChI is InChI=1S/C8H10N4O2/c1-10-4-9-6-5(10)7(13)12(3)8(14)11(6)2/h4H,1-3H3/i1D3,2D,3D,4D. The molecule has 0 unspecified atom stereocenters. The molecule has 0 fully saturated rings. The van der Waals surface area contributed by atoms with Gasteiger partial charge in [0, 0.05) is 27.9 Å². The number of hydrogen-bond donors (Lipinski definition) is 0. The van der Waals surface area contributed by atoms with Crippen molar-refractivity contribution < 1.29 is 8.22 Å². The molecule has 0 aliphatic rings. The molecule has 0 aliphatic heterocycles. The number of rotatable bonds is 0. The number of aryl methyl sites for hydroxylation is 2. The van der Waals surface area contributed by atoms with Gasteiger partial charge in [0.1, 0.15) is 1.37 Å². The minimum atomic E-state index is -2.82. The lowest BCUT2D eigenvalue weighted by molar-refractivity contribution is 0.705. The molecule has 14 heavy (non-hydrogen) atoms. The molecule has 0 atom stereocenters. The molecule has 74 valence electrons. The summed E-state index contributed by atoms with van der Waals surface area (Å²) in [4.78, 5) is 27.6. The van der Waals surface area contributed by atoms with Crippen molar-refractivity contribution in [1.82, 2.24) is 18.7 Å². The van der Waals surface area contributed by atoms with Crippen molar-refractivity contribution in [1.29, 1.82) is 0 Å². The Bertz CT molecular complexity index is 785. The summed E-state index contributed by atoms with van der Waals surface area (Å²) in [6, 6.07) is 0. The van der Waals surface area contributed by atoms with Crippen molar-refractivity contribution in [2.45, 2.75) is 0 Å². The molecule has 0 spiro atoms. The Balaban J connectivity index is 3.13. The largest absolute Gasteiger partial charge is 0.332 e. The van der Waals surface area contributed by atoms with Crippen molar-refractivity contribution >= 4 is 11.2 Å². The van der Waals surface area contributed by atoms with Gasteiger partial charge in [-0.1, -0.05) is 0 Å². The first-order chi connectivity index (χ1) is 9.23. The minimum absolute atomic E-state index is 0.333. The van der Waals surface area contributed by atoms with Crippen molar-refractivity contribution in [3.05, 3.63) is 27.1 Å². The van der Waals surface area contributed by atoms with Gasteiger partial charge >= 0.3 is 5.69 Å². The summed E-state index contributed by atoms with van der Waals surface area (Å²) >= 11 is 0. The van der Waals surface area contributed by atoms with Gasteiger partial charge in [-0.15, -0.1) is 0 Å². The highest BCUT2D eigenvalue weighted by atomic mass is 16.2. The Kier molecular flexibility index (Phi) is 0.756. The van der Waals surface area contributed by atoms with Crippen LogP contribution in [0.3, 0.4) is 0 Å². The van der Waals surface area contributed by atoms with E-state index in [1.165, 1.54) is 0 Å². The van der Waals surface area contributed by atoms with E-state index in [2.05, 4.69) is 4.98 Å². The average molecular weight is 200 g/mol. The molecule has 0 saturated carbocycles. The highest BCUT2D eigenvalue weighted by Crippen LogP contribution is 2.01. The Hall–Kier alpha value is -1.85. The van der Waals surface area contributed by atoms with Crippen molar-refractivity contribution in [3.63, 3.8) is 0 Å². The molecule has 2 aromatic rings. The Morgan fingerprint density at radius 3 is 2.86 bits per heavy atom. The van der Waals surface area contributed by atoms with E-state index in [4.69, 9.17) is 8.22 Å². The van der Waals surface area contributed by atoms with E-state index < -0.39 is 44.1 Å². The average Bonchev–Trinajstić information content (AvgIpc) is 2.67. The van der Waals surface area contributed by atoms with Crippen LogP contribution in [0.25, 0.3) is 11.2 Å². The molecule has 0 saturated heterocycles. The van der Waals surface area contributed by atoms with Crippen LogP contribution in [-0.2, 0) is 21.0 Å². The van der Waals surface area contributed by atoms with Crippen LogP contribution in [0, 0.1) is 0 Å². The summed E-state index contributed by atoms with van der Waals surface area (Å²) in [5, 5.41) is 0. The zero-order valence-corrected chi connectivity index (χ0v) is 7.02. The number of aromatic nitrogens is 4. The zero-order chi connectivity index (χ0) is 15.2. The molecule has 0 amide bonds. The van der Waals surface area contributed by atoms with Gasteiger partial charge in [-0.2, -0.15) is 0 Å². The van der Waals surface area contributed by atoms with Gasteiger partial charge < -0.3 is 4.57 Å². The molecular weight excluding hydrogens is 184 g/mol. The van der Waals surface area contributed by atoms with Crippen LogP contribution >= 0.6 is 0 Å². The van der Waals surface area contributed by atoms with Gasteiger partial charge in [-0.25, -0.2) is 9.78 Å². The number of imidazole rings is 1. The van der Waals surface area contributed by atoms with Gasteiger partial charge in [-0.05, 0) is 0 Å². The summed E-state index contributed by atoms with van der Waals surface area (Å²) in [5.74, 6) is 0. The van der Waals surface area contributed by atoms with Crippen LogP contribution in [0.1, 0.15) is 8.22 Å². The highest BCUT2D eigenvalue weighted by molar-refractivity contribution is 5.69. The summed E-state index contributed by atoms with van der Waals surface area (Å²) in [6.07, 6.45) is -0.707. The topological polar surface area (TPSA) is 61.8 Å². The quantitative estimate of drug-likeness (QED) is 0.546. The predicted molar refractivity (Wildman–Crippen MR) is 51.2 cm³/mol. The molecule has 2 heterocycles. The van der Waals surface area contributed by atoms with Crippen LogP contribution in [-0.4, -0.2) is 18.7 Å². The molecule has 2 rings (SSSR count). The molecule has 0 aliphatic carbocycles. The number of hydrogen-bond acceptors (Lipinski definition) is 3. The van der Waals surface area contributed by atoms with E-state index in [-0.39, 0.29) is 5.65 Å². The maximum absolute atomic E-state index is 12.1. The molecule has 6 heteroatoms. The second-order valence-corrected chi connectivity index (χ2v) is 2.66. The third kappa shape index (κ3) is 0.876. The molecular formula is C8H10N4O2. The lowest BCUT2D eigenvalue weighted by Crippen LogP contribution is -2.37. The molecule has 0 radical (unpaired) electrons. The van der Waals surface area contributed by atoms with Gasteiger partial charge in [-0.3, -0.25) is 13.9 Å².